The zero-order chi connectivity index (χ0) is 43.4. The number of allylic oxidation sites excluding steroid dienone is 8. The van der Waals surface area contributed by atoms with E-state index < -0.39 is 0 Å². The van der Waals surface area contributed by atoms with Crippen LogP contribution in [0.4, 0.5) is 0 Å². The monoisotopic (exact) mass is 802 g/mol. The molecule has 0 bridgehead atoms. The first-order chi connectivity index (χ1) is 29.5. The van der Waals surface area contributed by atoms with Crippen LogP contribution in [0.5, 0.6) is 0 Å². The van der Waals surface area contributed by atoms with Crippen molar-refractivity contribution in [3.05, 3.63) is 200 Å². The summed E-state index contributed by atoms with van der Waals surface area (Å²) in [4.78, 5) is 0. The summed E-state index contributed by atoms with van der Waals surface area (Å²) in [5.74, 6) is 0. The van der Waals surface area contributed by atoms with Crippen LogP contribution in [-0.2, 0) is 21.7 Å². The normalized spacial score (nSPS) is 18.9. The molecule has 4 aliphatic rings. The zero-order valence-corrected chi connectivity index (χ0v) is 38.7. The first kappa shape index (κ1) is 38.9. The minimum Gasteiger partial charge on any atom is -0.0619 e. The lowest BCUT2D eigenvalue weighted by Gasteiger charge is -2.32. The van der Waals surface area contributed by atoms with E-state index in [0.717, 1.165) is 0 Å². The van der Waals surface area contributed by atoms with Gasteiger partial charge in [0, 0.05) is 21.7 Å². The second-order valence-corrected chi connectivity index (χ2v) is 21.0. The molecule has 0 atom stereocenters. The Morgan fingerprint density at radius 2 is 0.532 bits per heavy atom. The van der Waals surface area contributed by atoms with E-state index in [2.05, 4.69) is 217 Å². The van der Waals surface area contributed by atoms with Crippen LogP contribution in [0.1, 0.15) is 150 Å². The maximum Gasteiger partial charge on any atom is 0.0161 e. The fourth-order valence-electron chi connectivity index (χ4n) is 13.6. The van der Waals surface area contributed by atoms with Gasteiger partial charge >= 0.3 is 0 Å². The molecule has 0 fully saturated rings. The van der Waals surface area contributed by atoms with Gasteiger partial charge in [0.1, 0.15) is 0 Å². The molecule has 0 heteroatoms. The van der Waals surface area contributed by atoms with E-state index in [4.69, 9.17) is 0 Å². The number of hydrogen-bond acceptors (Lipinski definition) is 0. The highest BCUT2D eigenvalue weighted by atomic mass is 14.5. The van der Waals surface area contributed by atoms with E-state index in [0.29, 0.717) is 0 Å². The van der Waals surface area contributed by atoms with Crippen LogP contribution in [-0.4, -0.2) is 0 Å². The molecule has 0 radical (unpaired) electrons. The molecular weight excluding hydrogens is 745 g/mol. The topological polar surface area (TPSA) is 0 Å². The second-order valence-electron chi connectivity index (χ2n) is 21.0. The molecule has 4 aliphatic carbocycles. The molecule has 306 valence electrons. The highest BCUT2D eigenvalue weighted by Gasteiger charge is 2.43. The quantitative estimate of drug-likeness (QED) is 0.156. The van der Waals surface area contributed by atoms with E-state index in [1.165, 1.54) is 133 Å². The summed E-state index contributed by atoms with van der Waals surface area (Å²) in [7, 11) is 0. The highest BCUT2D eigenvalue weighted by molar-refractivity contribution is 6.24. The third kappa shape index (κ3) is 4.90. The molecule has 0 heterocycles. The van der Waals surface area contributed by atoms with E-state index in [9.17, 15) is 0 Å². The summed E-state index contributed by atoms with van der Waals surface area (Å²) in [6.45, 7) is 29.0. The molecule has 7 aromatic rings. The molecule has 0 spiro atoms. The van der Waals surface area contributed by atoms with Crippen molar-refractivity contribution in [2.24, 2.45) is 0 Å². The molecule has 11 rings (SSSR count). The summed E-state index contributed by atoms with van der Waals surface area (Å²) >= 11 is 0. The average molecular weight is 803 g/mol. The van der Waals surface area contributed by atoms with Crippen molar-refractivity contribution >= 4 is 66.1 Å². The SMILES string of the molecule is CC1=C(c2ccc3c(C4=C(C)c5ccccc5C4(C)C)c4cc(C5=C(C)c6ccccc6C5(C)C)ccc4c(C4=C(C)c5ccccc5C4(C)C)c3c2)C(C)(C)c2ccccc21. The Hall–Kier alpha value is -5.98. The van der Waals surface area contributed by atoms with Crippen LogP contribution in [0, 0.1) is 0 Å². The summed E-state index contributed by atoms with van der Waals surface area (Å²) in [5.41, 5.74) is 27.1. The lowest BCUT2D eigenvalue weighted by Crippen LogP contribution is -2.19. The molecule has 0 aromatic heterocycles. The van der Waals surface area contributed by atoms with Crippen LogP contribution >= 0.6 is 0 Å². The van der Waals surface area contributed by atoms with E-state index in [1.807, 2.05) is 0 Å². The summed E-state index contributed by atoms with van der Waals surface area (Å²) in [6.07, 6.45) is 0. The molecule has 0 saturated carbocycles. The largest absolute Gasteiger partial charge is 0.0619 e. The van der Waals surface area contributed by atoms with Crippen molar-refractivity contribution in [1.29, 1.82) is 0 Å². The molecular formula is C62H58. The van der Waals surface area contributed by atoms with Gasteiger partial charge in [-0.1, -0.05) is 177 Å². The van der Waals surface area contributed by atoms with Crippen LogP contribution in [0.15, 0.2) is 133 Å². The molecule has 7 aromatic carbocycles. The van der Waals surface area contributed by atoms with Crippen molar-refractivity contribution in [1.82, 2.24) is 0 Å². The third-order valence-electron chi connectivity index (χ3n) is 16.2. The van der Waals surface area contributed by atoms with Crippen LogP contribution < -0.4 is 0 Å². The van der Waals surface area contributed by atoms with Gasteiger partial charge in [0.15, 0.2) is 0 Å². The molecule has 0 nitrogen and oxygen atoms in total. The fraction of sp³-hybridized carbons (Fsp3) is 0.258. The van der Waals surface area contributed by atoms with Crippen LogP contribution in [0.3, 0.4) is 0 Å². The Morgan fingerprint density at radius 1 is 0.274 bits per heavy atom. The fourth-order valence-corrected chi connectivity index (χ4v) is 13.6. The highest BCUT2D eigenvalue weighted by Crippen LogP contribution is 2.60. The van der Waals surface area contributed by atoms with Gasteiger partial charge in [-0.2, -0.15) is 0 Å². The van der Waals surface area contributed by atoms with Crippen molar-refractivity contribution in [3.8, 4) is 0 Å². The van der Waals surface area contributed by atoms with Gasteiger partial charge in [-0.15, -0.1) is 0 Å². The molecule has 0 aliphatic heterocycles. The standard InChI is InChI=1S/C62H58/c1-35-41-21-13-17-25-49(41)59(5,6)55(35)39-29-31-45-47(33-39)53(57-37(3)43-23-15-19-27-51(43)61(57,9)10)46-32-30-40(56-36(2)42-22-14-18-26-50(42)60(56,7)8)34-48(46)54(45)58-38(4)44-24-16-20-28-52(44)62(58,11)12/h13-34H,1-12H3. The summed E-state index contributed by atoms with van der Waals surface area (Å²) in [5, 5.41) is 5.36. The lowest BCUT2D eigenvalue weighted by molar-refractivity contribution is 0.703. The van der Waals surface area contributed by atoms with Crippen molar-refractivity contribution in [3.63, 3.8) is 0 Å². The minimum atomic E-state index is -0.207. The number of benzene rings is 7. The minimum absolute atomic E-state index is 0.132. The van der Waals surface area contributed by atoms with E-state index >= 15 is 0 Å². The predicted molar refractivity (Wildman–Crippen MR) is 269 cm³/mol. The predicted octanol–water partition coefficient (Wildman–Crippen LogP) is 16.9. The Kier molecular flexibility index (Phi) is 8.03. The first-order valence-electron chi connectivity index (χ1n) is 22.8. The Balaban J connectivity index is 1.31. The molecule has 0 unspecified atom stereocenters. The molecule has 0 amide bonds. The maximum absolute atomic E-state index is 2.60. The van der Waals surface area contributed by atoms with Crippen molar-refractivity contribution in [2.45, 2.75) is 105 Å². The number of rotatable bonds is 4. The smallest absolute Gasteiger partial charge is 0.0161 e. The number of hydrogen-bond donors (Lipinski definition) is 0. The van der Waals surface area contributed by atoms with Crippen LogP contribution in [0.2, 0.25) is 0 Å². The number of fused-ring (bicyclic) bond motifs is 6. The Labute approximate surface area is 369 Å². The lowest BCUT2D eigenvalue weighted by atomic mass is 9.71. The van der Waals surface area contributed by atoms with Gasteiger partial charge in [0.05, 0.1) is 0 Å². The maximum atomic E-state index is 2.60. The van der Waals surface area contributed by atoms with Gasteiger partial charge in [-0.3, -0.25) is 0 Å². The van der Waals surface area contributed by atoms with Gasteiger partial charge in [0.25, 0.3) is 0 Å². The molecule has 62 heavy (non-hydrogen) atoms. The summed E-state index contributed by atoms with van der Waals surface area (Å²) in [6, 6.07) is 51.5. The second kappa shape index (κ2) is 12.8. The Morgan fingerprint density at radius 3 is 0.823 bits per heavy atom. The first-order valence-corrected chi connectivity index (χ1v) is 22.8. The average Bonchev–Trinajstić information content (AvgIpc) is 3.77. The summed E-state index contributed by atoms with van der Waals surface area (Å²) < 4.78 is 0. The van der Waals surface area contributed by atoms with Gasteiger partial charge in [-0.25, -0.2) is 0 Å². The van der Waals surface area contributed by atoms with Gasteiger partial charge in [-0.05, 0) is 173 Å². The van der Waals surface area contributed by atoms with Crippen molar-refractivity contribution in [2.75, 3.05) is 0 Å². The molecule has 0 N–H and O–H groups in total. The third-order valence-corrected chi connectivity index (χ3v) is 16.2. The zero-order valence-electron chi connectivity index (χ0n) is 38.7. The van der Waals surface area contributed by atoms with Crippen molar-refractivity contribution < 1.29 is 0 Å². The van der Waals surface area contributed by atoms with Gasteiger partial charge < -0.3 is 0 Å². The van der Waals surface area contributed by atoms with E-state index in [1.54, 1.807) is 0 Å². The van der Waals surface area contributed by atoms with Gasteiger partial charge in [0.2, 0.25) is 0 Å². The Bertz CT molecular complexity index is 3080. The van der Waals surface area contributed by atoms with Crippen LogP contribution in [0.25, 0.3) is 66.1 Å². The molecule has 0 saturated heterocycles. The van der Waals surface area contributed by atoms with E-state index in [-0.39, 0.29) is 21.7 Å².